The summed E-state index contributed by atoms with van der Waals surface area (Å²) in [4.78, 5) is 4.36. The van der Waals surface area contributed by atoms with Crippen LogP contribution in [0.15, 0.2) is 53.1 Å². The Morgan fingerprint density at radius 2 is 2.00 bits per heavy atom. The van der Waals surface area contributed by atoms with Crippen molar-refractivity contribution in [1.82, 2.24) is 4.98 Å². The molecule has 0 aliphatic rings. The monoisotopic (exact) mass is 346 g/mol. The molecule has 0 aliphatic heterocycles. The highest BCUT2D eigenvalue weighted by Crippen LogP contribution is 2.33. The van der Waals surface area contributed by atoms with Crippen molar-refractivity contribution in [3.8, 4) is 11.5 Å². The zero-order valence-corrected chi connectivity index (χ0v) is 12.6. The molecule has 0 amide bonds. The third-order valence-corrected chi connectivity index (χ3v) is 3.74. The highest BCUT2D eigenvalue weighted by Gasteiger charge is 2.11. The summed E-state index contributed by atoms with van der Waals surface area (Å²) in [5.41, 5.74) is 7.39. The maximum atomic E-state index is 13.3. The number of rotatable bonds is 3. The van der Waals surface area contributed by atoms with Crippen LogP contribution in [0.1, 0.15) is 5.56 Å². The number of hydrogen-bond donors (Lipinski definition) is 1. The molecule has 0 bridgehead atoms. The molecule has 0 radical (unpaired) electrons. The first-order valence-corrected chi connectivity index (χ1v) is 7.18. The molecule has 21 heavy (non-hydrogen) atoms. The van der Waals surface area contributed by atoms with Gasteiger partial charge in [0.25, 0.3) is 0 Å². The lowest BCUT2D eigenvalue weighted by Gasteiger charge is -2.13. The summed E-state index contributed by atoms with van der Waals surface area (Å²) in [5, 5.41) is 0.876. The van der Waals surface area contributed by atoms with Crippen LogP contribution in [-0.4, -0.2) is 4.98 Å². The molecule has 0 atom stereocenters. The first-order valence-electron chi connectivity index (χ1n) is 6.38. The Balaban J connectivity index is 2.11. The minimum absolute atomic E-state index is 0.315. The number of aromatic nitrogens is 1. The standard InChI is InChI=1S/C16H12BrFN2O/c17-13-7-11(5-6-14(13)18)21-16-10(8-19)9-20-15-4-2-1-3-12(15)16/h1-7,9H,8,19H2. The zero-order chi connectivity index (χ0) is 14.8. The van der Waals surface area contributed by atoms with E-state index in [0.717, 1.165) is 16.5 Å². The van der Waals surface area contributed by atoms with Gasteiger partial charge in [0.1, 0.15) is 17.3 Å². The molecule has 0 spiro atoms. The van der Waals surface area contributed by atoms with E-state index in [1.54, 1.807) is 18.3 Å². The summed E-state index contributed by atoms with van der Waals surface area (Å²) in [6.45, 7) is 0.315. The van der Waals surface area contributed by atoms with Crippen molar-refractivity contribution in [2.75, 3.05) is 0 Å². The molecule has 2 aromatic carbocycles. The Bertz CT molecular complexity index is 807. The maximum absolute atomic E-state index is 13.3. The second kappa shape index (κ2) is 5.79. The Kier molecular flexibility index (Phi) is 3.86. The smallest absolute Gasteiger partial charge is 0.142 e. The van der Waals surface area contributed by atoms with Gasteiger partial charge in [-0.2, -0.15) is 0 Å². The first kappa shape index (κ1) is 14.0. The fraction of sp³-hybridized carbons (Fsp3) is 0.0625. The second-order valence-electron chi connectivity index (χ2n) is 4.51. The van der Waals surface area contributed by atoms with Crippen molar-refractivity contribution < 1.29 is 9.13 Å². The summed E-state index contributed by atoms with van der Waals surface area (Å²) in [7, 11) is 0. The lowest BCUT2D eigenvalue weighted by Crippen LogP contribution is -2.01. The lowest BCUT2D eigenvalue weighted by molar-refractivity contribution is 0.479. The fourth-order valence-corrected chi connectivity index (χ4v) is 2.44. The van der Waals surface area contributed by atoms with Gasteiger partial charge in [0.2, 0.25) is 0 Å². The molecule has 5 heteroatoms. The Morgan fingerprint density at radius 1 is 1.19 bits per heavy atom. The van der Waals surface area contributed by atoms with E-state index < -0.39 is 0 Å². The van der Waals surface area contributed by atoms with Gasteiger partial charge in [0.15, 0.2) is 0 Å². The first-order chi connectivity index (χ1) is 10.2. The number of nitrogens with two attached hydrogens (primary N) is 1. The molecule has 0 fully saturated rings. The summed E-state index contributed by atoms with van der Waals surface area (Å²) >= 11 is 3.15. The van der Waals surface area contributed by atoms with Crippen molar-refractivity contribution in [2.45, 2.75) is 6.54 Å². The maximum Gasteiger partial charge on any atom is 0.142 e. The van der Waals surface area contributed by atoms with Crippen molar-refractivity contribution in [2.24, 2.45) is 5.73 Å². The zero-order valence-electron chi connectivity index (χ0n) is 11.0. The van der Waals surface area contributed by atoms with Crippen molar-refractivity contribution >= 4 is 26.8 Å². The van der Waals surface area contributed by atoms with Crippen LogP contribution in [0.4, 0.5) is 4.39 Å². The van der Waals surface area contributed by atoms with Crippen LogP contribution >= 0.6 is 15.9 Å². The fourth-order valence-electron chi connectivity index (χ4n) is 2.08. The van der Waals surface area contributed by atoms with E-state index in [1.165, 1.54) is 6.07 Å². The molecule has 3 nitrogen and oxygen atoms in total. The van der Waals surface area contributed by atoms with E-state index >= 15 is 0 Å². The number of ether oxygens (including phenoxy) is 1. The Labute approximate surface area is 129 Å². The summed E-state index contributed by atoms with van der Waals surface area (Å²) in [6.07, 6.45) is 1.70. The number of hydrogen-bond acceptors (Lipinski definition) is 3. The van der Waals surface area contributed by atoms with Crippen LogP contribution in [0.2, 0.25) is 0 Å². The number of para-hydroxylation sites is 1. The highest BCUT2D eigenvalue weighted by atomic mass is 79.9. The Hall–Kier alpha value is -1.98. The minimum atomic E-state index is -0.332. The molecule has 1 heterocycles. The number of fused-ring (bicyclic) bond motifs is 1. The molecule has 3 rings (SSSR count). The number of benzene rings is 2. The largest absolute Gasteiger partial charge is 0.456 e. The van der Waals surface area contributed by atoms with Gasteiger partial charge in [-0.25, -0.2) is 4.39 Å². The normalized spacial score (nSPS) is 10.8. The molecule has 0 aliphatic carbocycles. The summed E-state index contributed by atoms with van der Waals surface area (Å²) < 4.78 is 19.6. The topological polar surface area (TPSA) is 48.1 Å². The molecule has 0 saturated heterocycles. The molecular weight excluding hydrogens is 335 g/mol. The summed E-state index contributed by atoms with van der Waals surface area (Å²) in [5.74, 6) is 0.858. The van der Waals surface area contributed by atoms with E-state index in [0.29, 0.717) is 22.5 Å². The van der Waals surface area contributed by atoms with Gasteiger partial charge >= 0.3 is 0 Å². The van der Waals surface area contributed by atoms with Gasteiger partial charge in [-0.05, 0) is 46.3 Å². The average Bonchev–Trinajstić information content (AvgIpc) is 2.51. The molecule has 2 N–H and O–H groups in total. The van der Waals surface area contributed by atoms with Crippen LogP contribution in [0, 0.1) is 5.82 Å². The molecule has 0 unspecified atom stereocenters. The van der Waals surface area contributed by atoms with Gasteiger partial charge < -0.3 is 10.5 Å². The number of nitrogens with zero attached hydrogens (tertiary/aromatic N) is 1. The molecule has 0 saturated carbocycles. The highest BCUT2D eigenvalue weighted by molar-refractivity contribution is 9.10. The molecule has 1 aromatic heterocycles. The van der Waals surface area contributed by atoms with E-state index in [4.69, 9.17) is 10.5 Å². The van der Waals surface area contributed by atoms with Gasteiger partial charge in [-0.15, -0.1) is 0 Å². The molecule has 3 aromatic rings. The Morgan fingerprint density at radius 3 is 2.76 bits per heavy atom. The van der Waals surface area contributed by atoms with Crippen LogP contribution in [0.3, 0.4) is 0 Å². The SMILES string of the molecule is NCc1cnc2ccccc2c1Oc1ccc(F)c(Br)c1. The third kappa shape index (κ3) is 2.75. The van der Waals surface area contributed by atoms with Crippen molar-refractivity contribution in [1.29, 1.82) is 0 Å². The lowest BCUT2D eigenvalue weighted by atomic mass is 10.1. The van der Waals surface area contributed by atoms with E-state index in [-0.39, 0.29) is 5.82 Å². The average molecular weight is 347 g/mol. The van der Waals surface area contributed by atoms with Gasteiger partial charge in [-0.3, -0.25) is 4.98 Å². The predicted octanol–water partition coefficient (Wildman–Crippen LogP) is 4.39. The molecule has 106 valence electrons. The van der Waals surface area contributed by atoms with Gasteiger partial charge in [-0.1, -0.05) is 12.1 Å². The van der Waals surface area contributed by atoms with Crippen LogP contribution in [0.25, 0.3) is 10.9 Å². The van der Waals surface area contributed by atoms with E-state index in [1.807, 2.05) is 24.3 Å². The number of pyridine rings is 1. The second-order valence-corrected chi connectivity index (χ2v) is 5.37. The van der Waals surface area contributed by atoms with Crippen molar-refractivity contribution in [3.63, 3.8) is 0 Å². The van der Waals surface area contributed by atoms with Gasteiger partial charge in [0, 0.05) is 23.7 Å². The molecular formula is C16H12BrFN2O. The third-order valence-electron chi connectivity index (χ3n) is 3.13. The van der Waals surface area contributed by atoms with E-state index in [2.05, 4.69) is 20.9 Å². The van der Waals surface area contributed by atoms with E-state index in [9.17, 15) is 4.39 Å². The van der Waals surface area contributed by atoms with Crippen LogP contribution in [0.5, 0.6) is 11.5 Å². The van der Waals surface area contributed by atoms with Gasteiger partial charge in [0.05, 0.1) is 9.99 Å². The van der Waals surface area contributed by atoms with Crippen LogP contribution < -0.4 is 10.5 Å². The predicted molar refractivity (Wildman–Crippen MR) is 83.8 cm³/mol. The summed E-state index contributed by atoms with van der Waals surface area (Å²) in [6, 6.07) is 12.2. The number of halogens is 2. The van der Waals surface area contributed by atoms with Crippen molar-refractivity contribution in [3.05, 3.63) is 64.5 Å². The van der Waals surface area contributed by atoms with Crippen LogP contribution in [-0.2, 0) is 6.54 Å². The quantitative estimate of drug-likeness (QED) is 0.765. The minimum Gasteiger partial charge on any atom is -0.456 e.